The van der Waals surface area contributed by atoms with Crippen molar-refractivity contribution in [3.05, 3.63) is 97.0 Å². The SMILES string of the molecule is N#C/C(=C/c1ccc(Oc2ccc(C(F)(F)F)cc2[N+](=O)[O-])c(Cl)c1)C(=O)Nc1cccc(Br)c1. The van der Waals surface area contributed by atoms with Gasteiger partial charge in [0.15, 0.2) is 0 Å². The normalized spacial score (nSPS) is 11.5. The molecule has 0 fully saturated rings. The fraction of sp³-hybridized carbons (Fsp3) is 0.0435. The number of benzene rings is 3. The molecule has 0 unspecified atom stereocenters. The van der Waals surface area contributed by atoms with E-state index < -0.39 is 34.0 Å². The lowest BCUT2D eigenvalue weighted by Gasteiger charge is -2.11. The van der Waals surface area contributed by atoms with Gasteiger partial charge in [0.1, 0.15) is 17.4 Å². The monoisotopic (exact) mass is 565 g/mol. The summed E-state index contributed by atoms with van der Waals surface area (Å²) in [6.07, 6.45) is -3.50. The molecule has 3 rings (SSSR count). The van der Waals surface area contributed by atoms with Crippen molar-refractivity contribution in [1.29, 1.82) is 5.26 Å². The van der Waals surface area contributed by atoms with Gasteiger partial charge in [0.05, 0.1) is 15.5 Å². The number of carbonyl (C=O) groups is 1. The van der Waals surface area contributed by atoms with Gasteiger partial charge in [0.25, 0.3) is 5.91 Å². The van der Waals surface area contributed by atoms with Crippen LogP contribution in [0.25, 0.3) is 6.08 Å². The van der Waals surface area contributed by atoms with Crippen molar-refractivity contribution in [3.8, 4) is 17.6 Å². The number of halogens is 5. The highest BCUT2D eigenvalue weighted by Crippen LogP contribution is 2.39. The fourth-order valence-electron chi connectivity index (χ4n) is 2.81. The van der Waals surface area contributed by atoms with Crippen LogP contribution in [-0.2, 0) is 11.0 Å². The van der Waals surface area contributed by atoms with Gasteiger partial charge >= 0.3 is 11.9 Å². The zero-order valence-electron chi connectivity index (χ0n) is 17.3. The highest BCUT2D eigenvalue weighted by molar-refractivity contribution is 9.10. The number of rotatable bonds is 6. The number of ether oxygens (including phenoxy) is 1. The number of nitrogens with zero attached hydrogens (tertiary/aromatic N) is 2. The lowest BCUT2D eigenvalue weighted by Crippen LogP contribution is -2.13. The van der Waals surface area contributed by atoms with Crippen molar-refractivity contribution in [2.75, 3.05) is 5.32 Å². The molecule has 178 valence electrons. The first-order valence-electron chi connectivity index (χ1n) is 9.49. The molecule has 3 aromatic carbocycles. The van der Waals surface area contributed by atoms with E-state index in [1.54, 1.807) is 30.3 Å². The molecule has 0 aliphatic heterocycles. The van der Waals surface area contributed by atoms with Crippen LogP contribution in [-0.4, -0.2) is 10.8 Å². The summed E-state index contributed by atoms with van der Waals surface area (Å²) in [4.78, 5) is 22.7. The molecule has 35 heavy (non-hydrogen) atoms. The number of alkyl halides is 3. The molecule has 0 aromatic heterocycles. The van der Waals surface area contributed by atoms with E-state index in [2.05, 4.69) is 21.2 Å². The smallest absolute Gasteiger partial charge is 0.416 e. The lowest BCUT2D eigenvalue weighted by molar-refractivity contribution is -0.385. The number of nitriles is 1. The van der Waals surface area contributed by atoms with Gasteiger partial charge < -0.3 is 10.1 Å². The summed E-state index contributed by atoms with van der Waals surface area (Å²) in [6, 6.07) is 14.4. The molecule has 0 saturated carbocycles. The Balaban J connectivity index is 1.84. The fourth-order valence-corrected chi connectivity index (χ4v) is 3.44. The second kappa shape index (κ2) is 10.6. The number of anilines is 1. The van der Waals surface area contributed by atoms with Gasteiger partial charge in [-0.3, -0.25) is 14.9 Å². The Morgan fingerprint density at radius 3 is 2.46 bits per heavy atom. The quantitative estimate of drug-likeness (QED) is 0.145. The van der Waals surface area contributed by atoms with Crippen molar-refractivity contribution in [1.82, 2.24) is 0 Å². The Bertz CT molecular complexity index is 1390. The molecule has 0 atom stereocenters. The van der Waals surface area contributed by atoms with Crippen LogP contribution in [0.5, 0.6) is 11.5 Å². The third kappa shape index (κ3) is 6.59. The first kappa shape index (κ1) is 25.7. The molecule has 7 nitrogen and oxygen atoms in total. The summed E-state index contributed by atoms with van der Waals surface area (Å²) < 4.78 is 44.8. The third-order valence-corrected chi connectivity index (χ3v) is 5.21. The van der Waals surface area contributed by atoms with E-state index in [0.717, 1.165) is 10.5 Å². The zero-order valence-corrected chi connectivity index (χ0v) is 19.6. The molecule has 0 bridgehead atoms. The number of carbonyl (C=O) groups excluding carboxylic acids is 1. The molecular weight excluding hydrogens is 555 g/mol. The standard InChI is InChI=1S/C23H12BrClF3N3O4/c24-16-2-1-3-17(11-16)30-22(32)14(12-29)8-13-4-6-20(18(25)9-13)35-21-7-5-15(23(26,27)28)10-19(21)31(33)34/h1-11H,(H,30,32)/b14-8-. The van der Waals surface area contributed by atoms with E-state index in [4.69, 9.17) is 16.3 Å². The molecule has 0 saturated heterocycles. The van der Waals surface area contributed by atoms with E-state index >= 15 is 0 Å². The molecule has 1 N–H and O–H groups in total. The third-order valence-electron chi connectivity index (χ3n) is 4.42. The zero-order chi connectivity index (χ0) is 25.8. The largest absolute Gasteiger partial charge is 0.449 e. The van der Waals surface area contributed by atoms with E-state index in [1.807, 2.05) is 0 Å². The molecule has 1 amide bonds. The highest BCUT2D eigenvalue weighted by Gasteiger charge is 2.33. The second-order valence-electron chi connectivity index (χ2n) is 6.86. The Hall–Kier alpha value is -3.88. The van der Waals surface area contributed by atoms with Gasteiger partial charge in [-0.1, -0.05) is 39.7 Å². The number of amides is 1. The van der Waals surface area contributed by atoms with Crippen LogP contribution in [0.4, 0.5) is 24.5 Å². The second-order valence-corrected chi connectivity index (χ2v) is 8.19. The Kier molecular flexibility index (Phi) is 7.78. The van der Waals surface area contributed by atoms with E-state index in [-0.39, 0.29) is 16.3 Å². The van der Waals surface area contributed by atoms with Crippen molar-refractivity contribution in [3.63, 3.8) is 0 Å². The Morgan fingerprint density at radius 1 is 1.14 bits per heavy atom. The van der Waals surface area contributed by atoms with Crippen LogP contribution in [0.1, 0.15) is 11.1 Å². The van der Waals surface area contributed by atoms with Crippen LogP contribution in [0.15, 0.2) is 70.7 Å². The van der Waals surface area contributed by atoms with E-state index in [0.29, 0.717) is 23.4 Å². The number of nitro groups is 1. The first-order chi connectivity index (χ1) is 16.5. The van der Waals surface area contributed by atoms with Crippen molar-refractivity contribution < 1.29 is 27.6 Å². The summed E-state index contributed by atoms with van der Waals surface area (Å²) in [5.41, 5.74) is -1.52. The van der Waals surface area contributed by atoms with E-state index in [9.17, 15) is 33.3 Å². The van der Waals surface area contributed by atoms with Crippen molar-refractivity contribution in [2.24, 2.45) is 0 Å². The predicted molar refractivity (Wildman–Crippen MR) is 126 cm³/mol. The summed E-state index contributed by atoms with van der Waals surface area (Å²) in [6.45, 7) is 0. The molecule has 12 heteroatoms. The van der Waals surface area contributed by atoms with E-state index in [1.165, 1.54) is 24.3 Å². The van der Waals surface area contributed by atoms with Crippen LogP contribution < -0.4 is 10.1 Å². The molecular formula is C23H12BrClF3N3O4. The van der Waals surface area contributed by atoms with Gasteiger partial charge in [-0.2, -0.15) is 18.4 Å². The minimum absolute atomic E-state index is 0.0577. The maximum Gasteiger partial charge on any atom is 0.416 e. The van der Waals surface area contributed by atoms with Crippen molar-refractivity contribution in [2.45, 2.75) is 6.18 Å². The van der Waals surface area contributed by atoms with Gasteiger partial charge in [-0.15, -0.1) is 0 Å². The Labute approximate surface area is 209 Å². The Morgan fingerprint density at radius 2 is 1.86 bits per heavy atom. The minimum atomic E-state index is -4.77. The molecule has 0 heterocycles. The molecule has 0 radical (unpaired) electrons. The lowest BCUT2D eigenvalue weighted by atomic mass is 10.1. The number of nitro benzene ring substituents is 1. The number of nitrogens with one attached hydrogen (secondary N) is 1. The average Bonchev–Trinajstić information content (AvgIpc) is 2.78. The average molecular weight is 567 g/mol. The minimum Gasteiger partial charge on any atom is -0.449 e. The predicted octanol–water partition coefficient (Wildman–Crippen LogP) is 7.37. The molecule has 0 spiro atoms. The number of hydrogen-bond acceptors (Lipinski definition) is 5. The molecule has 0 aliphatic rings. The summed E-state index contributed by atoms with van der Waals surface area (Å²) >= 11 is 9.45. The van der Waals surface area contributed by atoms with Gasteiger partial charge in [0, 0.05) is 16.2 Å². The first-order valence-corrected chi connectivity index (χ1v) is 10.7. The maximum absolute atomic E-state index is 12.9. The van der Waals surface area contributed by atoms with Gasteiger partial charge in [0.2, 0.25) is 5.75 Å². The molecule has 3 aromatic rings. The van der Waals surface area contributed by atoms with Crippen molar-refractivity contribution >= 4 is 50.9 Å². The van der Waals surface area contributed by atoms with Gasteiger partial charge in [-0.25, -0.2) is 0 Å². The van der Waals surface area contributed by atoms with Crippen LogP contribution in [0.2, 0.25) is 5.02 Å². The van der Waals surface area contributed by atoms with Crippen LogP contribution in [0.3, 0.4) is 0 Å². The topological polar surface area (TPSA) is 105 Å². The summed E-state index contributed by atoms with van der Waals surface area (Å²) in [7, 11) is 0. The summed E-state index contributed by atoms with van der Waals surface area (Å²) in [5, 5.41) is 23.2. The highest BCUT2D eigenvalue weighted by atomic mass is 79.9. The van der Waals surface area contributed by atoms with Crippen LogP contribution >= 0.6 is 27.5 Å². The number of hydrogen-bond donors (Lipinski definition) is 1. The summed E-state index contributed by atoms with van der Waals surface area (Å²) in [5.74, 6) is -1.19. The van der Waals surface area contributed by atoms with Crippen LogP contribution in [0, 0.1) is 21.4 Å². The maximum atomic E-state index is 12.9. The molecule has 0 aliphatic carbocycles. The van der Waals surface area contributed by atoms with Gasteiger partial charge in [-0.05, 0) is 54.1 Å².